The van der Waals surface area contributed by atoms with Gasteiger partial charge in [-0.1, -0.05) is 42.5 Å². The second kappa shape index (κ2) is 8.43. The Hall–Kier alpha value is -3.71. The number of ether oxygens (including phenoxy) is 1. The average molecular weight is 428 g/mol. The van der Waals surface area contributed by atoms with E-state index in [1.165, 1.54) is 10.2 Å². The molecule has 0 unspecified atom stereocenters. The molecule has 7 nitrogen and oxygen atoms in total. The number of fused-ring (bicyclic) bond motifs is 2. The molecule has 0 atom stereocenters. The summed E-state index contributed by atoms with van der Waals surface area (Å²) in [6.07, 6.45) is 4.35. The molecule has 1 amide bonds. The minimum Gasteiger partial charge on any atom is -0.383 e. The largest absolute Gasteiger partial charge is 0.383 e. The van der Waals surface area contributed by atoms with E-state index in [9.17, 15) is 9.59 Å². The van der Waals surface area contributed by atoms with Gasteiger partial charge in [0.2, 0.25) is 0 Å². The average Bonchev–Trinajstić information content (AvgIpc) is 3.18. The van der Waals surface area contributed by atoms with E-state index < -0.39 is 0 Å². The highest BCUT2D eigenvalue weighted by Gasteiger charge is 2.29. The molecule has 3 aliphatic heterocycles. The Morgan fingerprint density at radius 1 is 1.03 bits per heavy atom. The van der Waals surface area contributed by atoms with E-state index in [1.807, 2.05) is 51.9 Å². The minimum atomic E-state index is -0.240. The molecule has 0 radical (unpaired) electrons. The SMILES string of the molecule is COCCn1cc(C(=O)N2CCc3ccccc3C2)c2nn(-c3ccccc3)c(=O)c-2c1. The number of nitrogens with zero attached hydrogens (tertiary/aromatic N) is 4. The summed E-state index contributed by atoms with van der Waals surface area (Å²) in [5.41, 5.74) is 4.15. The van der Waals surface area contributed by atoms with Crippen molar-refractivity contribution < 1.29 is 9.53 Å². The summed E-state index contributed by atoms with van der Waals surface area (Å²) in [6.45, 7) is 2.19. The number of hydrogen-bond donors (Lipinski definition) is 0. The molecule has 0 fully saturated rings. The van der Waals surface area contributed by atoms with Crippen molar-refractivity contribution in [2.45, 2.75) is 19.5 Å². The van der Waals surface area contributed by atoms with Gasteiger partial charge in [0, 0.05) is 39.1 Å². The first-order chi connectivity index (χ1) is 15.7. The van der Waals surface area contributed by atoms with E-state index in [0.717, 1.165) is 12.0 Å². The van der Waals surface area contributed by atoms with Crippen molar-refractivity contribution in [2.75, 3.05) is 20.3 Å². The standard InChI is InChI=1S/C25H24N4O3/c1-32-14-13-27-16-21(24(30)28-12-11-18-7-5-6-8-19(18)15-28)23-22(17-27)25(31)29(26-23)20-9-3-2-4-10-20/h2-10,16-17H,11-15H2,1H3. The third kappa shape index (κ3) is 3.61. The lowest BCUT2D eigenvalue weighted by atomic mass is 9.99. The van der Waals surface area contributed by atoms with Crippen molar-refractivity contribution in [1.29, 1.82) is 0 Å². The highest BCUT2D eigenvalue weighted by atomic mass is 16.5. The van der Waals surface area contributed by atoms with E-state index in [1.54, 1.807) is 19.5 Å². The van der Waals surface area contributed by atoms with Gasteiger partial charge < -0.3 is 14.2 Å². The summed E-state index contributed by atoms with van der Waals surface area (Å²) < 4.78 is 8.41. The van der Waals surface area contributed by atoms with Crippen LogP contribution < -0.4 is 5.56 Å². The number of methoxy groups -OCH3 is 1. The highest BCUT2D eigenvalue weighted by Crippen LogP contribution is 2.26. The summed E-state index contributed by atoms with van der Waals surface area (Å²) in [5, 5.41) is 4.58. The van der Waals surface area contributed by atoms with Crippen molar-refractivity contribution in [2.24, 2.45) is 0 Å². The van der Waals surface area contributed by atoms with Crippen molar-refractivity contribution >= 4 is 5.91 Å². The number of hydrogen-bond acceptors (Lipinski definition) is 4. The third-order valence-corrected chi connectivity index (χ3v) is 5.93. The van der Waals surface area contributed by atoms with Gasteiger partial charge in [0.25, 0.3) is 11.5 Å². The van der Waals surface area contributed by atoms with Crippen LogP contribution in [-0.4, -0.2) is 45.4 Å². The number of para-hydroxylation sites is 1. The van der Waals surface area contributed by atoms with E-state index in [4.69, 9.17) is 4.74 Å². The lowest BCUT2D eigenvalue weighted by Gasteiger charge is -2.29. The van der Waals surface area contributed by atoms with Gasteiger partial charge in [-0.2, -0.15) is 9.78 Å². The van der Waals surface area contributed by atoms with Crippen LogP contribution in [0.5, 0.6) is 0 Å². The number of aromatic nitrogens is 3. The summed E-state index contributed by atoms with van der Waals surface area (Å²) in [5.74, 6) is -0.117. The molecule has 2 aromatic carbocycles. The van der Waals surface area contributed by atoms with Gasteiger partial charge >= 0.3 is 0 Å². The smallest absolute Gasteiger partial charge is 0.282 e. The van der Waals surface area contributed by atoms with Gasteiger partial charge in [0.05, 0.1) is 23.4 Å². The maximum Gasteiger partial charge on any atom is 0.282 e. The molecule has 5 rings (SSSR count). The van der Waals surface area contributed by atoms with Crippen LogP contribution in [0.2, 0.25) is 0 Å². The monoisotopic (exact) mass is 428 g/mol. The number of rotatable bonds is 5. The molecule has 0 aliphatic carbocycles. The van der Waals surface area contributed by atoms with Crippen LogP contribution in [-0.2, 0) is 24.2 Å². The Morgan fingerprint density at radius 3 is 2.56 bits per heavy atom. The van der Waals surface area contributed by atoms with Crippen LogP contribution in [0.15, 0.2) is 71.8 Å². The van der Waals surface area contributed by atoms with Crippen LogP contribution in [0, 0.1) is 0 Å². The molecule has 0 bridgehead atoms. The Balaban J connectivity index is 1.59. The highest BCUT2D eigenvalue weighted by molar-refractivity contribution is 6.00. The molecule has 2 aromatic rings. The zero-order valence-electron chi connectivity index (χ0n) is 17.9. The molecule has 162 valence electrons. The van der Waals surface area contributed by atoms with E-state index >= 15 is 0 Å². The van der Waals surface area contributed by atoms with Gasteiger partial charge in [-0.05, 0) is 29.7 Å². The van der Waals surface area contributed by atoms with Crippen LogP contribution in [0.4, 0.5) is 0 Å². The Bertz CT molecular complexity index is 1290. The number of carbonyl (C=O) groups excluding carboxylic acids is 1. The molecule has 0 spiro atoms. The third-order valence-electron chi connectivity index (χ3n) is 5.93. The second-order valence-electron chi connectivity index (χ2n) is 7.96. The van der Waals surface area contributed by atoms with Crippen LogP contribution in [0.1, 0.15) is 21.5 Å². The Labute approximate surface area is 185 Å². The predicted molar refractivity (Wildman–Crippen MR) is 121 cm³/mol. The molecule has 32 heavy (non-hydrogen) atoms. The summed E-state index contributed by atoms with van der Waals surface area (Å²) in [6, 6.07) is 17.5. The molecule has 0 saturated carbocycles. The van der Waals surface area contributed by atoms with Crippen molar-refractivity contribution in [3.05, 3.63) is 94.0 Å². The number of amides is 1. The zero-order chi connectivity index (χ0) is 22.1. The lowest BCUT2D eigenvalue weighted by Crippen LogP contribution is -2.36. The predicted octanol–water partition coefficient (Wildman–Crippen LogP) is 2.98. The first-order valence-electron chi connectivity index (χ1n) is 10.7. The molecule has 7 heteroatoms. The van der Waals surface area contributed by atoms with E-state index in [-0.39, 0.29) is 11.5 Å². The fourth-order valence-electron chi connectivity index (χ4n) is 4.23. The van der Waals surface area contributed by atoms with E-state index in [2.05, 4.69) is 17.2 Å². The van der Waals surface area contributed by atoms with Crippen molar-refractivity contribution in [1.82, 2.24) is 19.2 Å². The summed E-state index contributed by atoms with van der Waals surface area (Å²) >= 11 is 0. The van der Waals surface area contributed by atoms with Crippen LogP contribution >= 0.6 is 0 Å². The first kappa shape index (κ1) is 20.2. The molecular weight excluding hydrogens is 404 g/mol. The molecule has 0 aromatic heterocycles. The topological polar surface area (TPSA) is 69.4 Å². The quantitative estimate of drug-likeness (QED) is 0.490. The summed E-state index contributed by atoms with van der Waals surface area (Å²) in [7, 11) is 1.63. The number of benzene rings is 2. The Kier molecular flexibility index (Phi) is 5.33. The number of pyridine rings is 1. The van der Waals surface area contributed by atoms with Gasteiger partial charge in [0.1, 0.15) is 5.69 Å². The lowest BCUT2D eigenvalue weighted by molar-refractivity contribution is 0.0734. The Morgan fingerprint density at radius 2 is 1.78 bits per heavy atom. The minimum absolute atomic E-state index is 0.117. The van der Waals surface area contributed by atoms with Gasteiger partial charge in [-0.15, -0.1) is 0 Å². The molecule has 3 heterocycles. The van der Waals surface area contributed by atoms with Crippen molar-refractivity contribution in [3.8, 4) is 16.9 Å². The van der Waals surface area contributed by atoms with Crippen LogP contribution in [0.25, 0.3) is 16.9 Å². The van der Waals surface area contributed by atoms with Gasteiger partial charge in [-0.3, -0.25) is 9.59 Å². The van der Waals surface area contributed by atoms with Gasteiger partial charge in [0.15, 0.2) is 0 Å². The molecular formula is C25H24N4O3. The maximum atomic E-state index is 13.6. The summed E-state index contributed by atoms with van der Waals surface area (Å²) in [4.78, 5) is 28.7. The maximum absolute atomic E-state index is 13.6. The van der Waals surface area contributed by atoms with Gasteiger partial charge in [-0.25, -0.2) is 0 Å². The molecule has 0 N–H and O–H groups in total. The molecule has 0 saturated heterocycles. The fourth-order valence-corrected chi connectivity index (χ4v) is 4.23. The second-order valence-corrected chi connectivity index (χ2v) is 7.96. The van der Waals surface area contributed by atoms with Crippen molar-refractivity contribution in [3.63, 3.8) is 0 Å². The van der Waals surface area contributed by atoms with Crippen LogP contribution in [0.3, 0.4) is 0 Å². The zero-order valence-corrected chi connectivity index (χ0v) is 17.9. The fraction of sp³-hybridized carbons (Fsp3) is 0.240. The van der Waals surface area contributed by atoms with E-state index in [0.29, 0.717) is 48.7 Å². The normalized spacial score (nSPS) is 13.3. The number of carbonyl (C=O) groups is 1. The molecule has 3 aliphatic rings. The first-order valence-corrected chi connectivity index (χ1v) is 10.7.